The van der Waals surface area contributed by atoms with Crippen LogP contribution in [0.5, 0.6) is 0 Å². The molecular formula is C11H15NO2S. The zero-order valence-electron chi connectivity index (χ0n) is 9.07. The van der Waals surface area contributed by atoms with E-state index in [1.807, 2.05) is 19.2 Å². The van der Waals surface area contributed by atoms with E-state index in [1.54, 1.807) is 25.1 Å². The molecule has 0 amide bonds. The summed E-state index contributed by atoms with van der Waals surface area (Å²) in [6, 6.07) is 6.82. The van der Waals surface area contributed by atoms with E-state index in [0.29, 0.717) is 10.6 Å². The average Bonchev–Trinajstić information content (AvgIpc) is 2.18. The number of carbonyl (C=O) groups is 1. The quantitative estimate of drug-likeness (QED) is 0.570. The van der Waals surface area contributed by atoms with Crippen molar-refractivity contribution in [2.24, 2.45) is 0 Å². The van der Waals surface area contributed by atoms with Gasteiger partial charge in [-0.2, -0.15) is 0 Å². The number of thioether (sulfide) groups is 1. The van der Waals surface area contributed by atoms with Crippen LogP contribution >= 0.6 is 11.8 Å². The molecule has 4 heteroatoms. The fraction of sp³-hybridized carbons (Fsp3) is 0.273. The molecule has 0 aliphatic carbocycles. The number of aromatic carboxylic acids is 1. The van der Waals surface area contributed by atoms with Crippen molar-refractivity contribution in [3.8, 4) is 0 Å². The number of carboxylic acids is 1. The largest absolute Gasteiger partial charge is 0.478 e. The third-order valence-electron chi connectivity index (χ3n) is 1.57. The molecule has 82 valence electrons. The smallest absolute Gasteiger partial charge is 0.335 e. The third kappa shape index (κ3) is 6.74. The minimum absolute atomic E-state index is 0.347. The Morgan fingerprint density at radius 1 is 1.47 bits per heavy atom. The minimum atomic E-state index is -0.872. The fourth-order valence-corrected chi connectivity index (χ4v) is 0.778. The van der Waals surface area contributed by atoms with Gasteiger partial charge in [0.2, 0.25) is 0 Å². The molecule has 0 radical (unpaired) electrons. The van der Waals surface area contributed by atoms with Gasteiger partial charge < -0.3 is 5.11 Å². The summed E-state index contributed by atoms with van der Waals surface area (Å²) in [4.78, 5) is 10.4. The van der Waals surface area contributed by atoms with E-state index in [1.165, 1.54) is 11.8 Å². The van der Waals surface area contributed by atoms with E-state index in [2.05, 4.69) is 0 Å². The molecule has 0 atom stereocenters. The minimum Gasteiger partial charge on any atom is -0.478 e. The maximum absolute atomic E-state index is 10.4. The molecule has 0 bridgehead atoms. The molecule has 1 rings (SSSR count). The first kappa shape index (κ1) is 13.7. The van der Waals surface area contributed by atoms with E-state index in [9.17, 15) is 4.79 Å². The maximum atomic E-state index is 10.4. The summed E-state index contributed by atoms with van der Waals surface area (Å²) < 4.78 is 0. The molecule has 0 aliphatic rings. The van der Waals surface area contributed by atoms with Crippen LogP contribution in [0.4, 0.5) is 0 Å². The topological polar surface area (TPSA) is 61.2 Å². The van der Waals surface area contributed by atoms with Gasteiger partial charge in [-0.1, -0.05) is 17.7 Å². The Labute approximate surface area is 94.0 Å². The summed E-state index contributed by atoms with van der Waals surface area (Å²) in [6.45, 7) is 3.64. The molecule has 0 fully saturated rings. The molecule has 0 aliphatic heterocycles. The van der Waals surface area contributed by atoms with E-state index in [4.69, 9.17) is 10.5 Å². The van der Waals surface area contributed by atoms with E-state index >= 15 is 0 Å². The second kappa shape index (κ2) is 7.06. The van der Waals surface area contributed by atoms with E-state index in [0.717, 1.165) is 5.56 Å². The molecule has 0 unspecified atom stereocenters. The lowest BCUT2D eigenvalue weighted by molar-refractivity contribution is 0.0697. The van der Waals surface area contributed by atoms with Crippen molar-refractivity contribution in [3.05, 3.63) is 35.4 Å². The zero-order valence-corrected chi connectivity index (χ0v) is 9.89. The molecule has 0 aromatic heterocycles. The normalized spacial score (nSPS) is 8.73. The van der Waals surface area contributed by atoms with Gasteiger partial charge >= 0.3 is 5.97 Å². The number of benzene rings is 1. The van der Waals surface area contributed by atoms with Gasteiger partial charge in [-0.25, -0.2) is 4.79 Å². The number of aryl methyl sites for hydroxylation is 1. The van der Waals surface area contributed by atoms with Crippen molar-refractivity contribution < 1.29 is 9.90 Å². The van der Waals surface area contributed by atoms with Crippen molar-refractivity contribution >= 4 is 22.8 Å². The number of rotatable bonds is 1. The first-order valence-corrected chi connectivity index (χ1v) is 5.59. The molecular weight excluding hydrogens is 210 g/mol. The lowest BCUT2D eigenvalue weighted by atomic mass is 10.1. The van der Waals surface area contributed by atoms with Gasteiger partial charge in [-0.15, -0.1) is 11.8 Å². The van der Waals surface area contributed by atoms with E-state index in [-0.39, 0.29) is 0 Å². The first-order chi connectivity index (χ1) is 6.97. The van der Waals surface area contributed by atoms with Crippen LogP contribution < -0.4 is 0 Å². The van der Waals surface area contributed by atoms with Crippen LogP contribution in [0.15, 0.2) is 24.3 Å². The van der Waals surface area contributed by atoms with Gasteiger partial charge in [0.25, 0.3) is 0 Å². The Hall–Kier alpha value is -1.29. The SMILES string of the molecule is CSC(C)=N.Cc1cccc(C(=O)O)c1. The maximum Gasteiger partial charge on any atom is 0.335 e. The zero-order chi connectivity index (χ0) is 11.8. The Morgan fingerprint density at radius 3 is 2.27 bits per heavy atom. The van der Waals surface area contributed by atoms with Gasteiger partial charge in [-0.3, -0.25) is 5.41 Å². The lowest BCUT2D eigenvalue weighted by Gasteiger charge is -1.93. The Morgan fingerprint density at radius 2 is 2.00 bits per heavy atom. The molecule has 0 saturated carbocycles. The van der Waals surface area contributed by atoms with Crippen molar-refractivity contribution in [1.82, 2.24) is 0 Å². The van der Waals surface area contributed by atoms with Gasteiger partial charge in [0.1, 0.15) is 0 Å². The molecule has 0 heterocycles. The molecule has 0 saturated heterocycles. The van der Waals surface area contributed by atoms with Gasteiger partial charge in [0.05, 0.1) is 10.6 Å². The molecule has 2 N–H and O–H groups in total. The third-order valence-corrected chi connectivity index (χ3v) is 2.18. The highest BCUT2D eigenvalue weighted by molar-refractivity contribution is 8.13. The molecule has 1 aromatic rings. The highest BCUT2D eigenvalue weighted by atomic mass is 32.2. The summed E-state index contributed by atoms with van der Waals surface area (Å²) >= 11 is 1.46. The Balaban J connectivity index is 0.000000336. The van der Waals surface area contributed by atoms with Gasteiger partial charge in [-0.05, 0) is 32.2 Å². The summed E-state index contributed by atoms with van der Waals surface area (Å²) in [5.41, 5.74) is 1.32. The van der Waals surface area contributed by atoms with Crippen molar-refractivity contribution in [1.29, 1.82) is 5.41 Å². The second-order valence-electron chi connectivity index (χ2n) is 2.93. The Bertz CT molecular complexity index is 350. The first-order valence-electron chi connectivity index (χ1n) is 4.36. The monoisotopic (exact) mass is 225 g/mol. The van der Waals surface area contributed by atoms with Crippen LogP contribution in [0.3, 0.4) is 0 Å². The van der Waals surface area contributed by atoms with Crippen LogP contribution in [0.2, 0.25) is 0 Å². The highest BCUT2D eigenvalue weighted by Gasteiger charge is 1.99. The van der Waals surface area contributed by atoms with Crippen LogP contribution in [-0.4, -0.2) is 22.4 Å². The van der Waals surface area contributed by atoms with Crippen LogP contribution in [0.25, 0.3) is 0 Å². The molecule has 1 aromatic carbocycles. The van der Waals surface area contributed by atoms with Crippen LogP contribution in [0, 0.1) is 12.3 Å². The number of carboxylic acid groups (broad SMARTS) is 1. The van der Waals surface area contributed by atoms with Crippen molar-refractivity contribution in [2.75, 3.05) is 6.26 Å². The fourth-order valence-electron chi connectivity index (χ4n) is 0.778. The number of hydrogen-bond donors (Lipinski definition) is 2. The molecule has 3 nitrogen and oxygen atoms in total. The summed E-state index contributed by atoms with van der Waals surface area (Å²) in [6.07, 6.45) is 1.89. The van der Waals surface area contributed by atoms with Crippen LogP contribution in [0.1, 0.15) is 22.8 Å². The average molecular weight is 225 g/mol. The van der Waals surface area contributed by atoms with Crippen molar-refractivity contribution in [3.63, 3.8) is 0 Å². The highest BCUT2D eigenvalue weighted by Crippen LogP contribution is 2.02. The second-order valence-corrected chi connectivity index (χ2v) is 3.96. The van der Waals surface area contributed by atoms with Gasteiger partial charge in [0, 0.05) is 0 Å². The van der Waals surface area contributed by atoms with Crippen LogP contribution in [-0.2, 0) is 0 Å². The van der Waals surface area contributed by atoms with Gasteiger partial charge in [0.15, 0.2) is 0 Å². The van der Waals surface area contributed by atoms with E-state index < -0.39 is 5.97 Å². The predicted octanol–water partition coefficient (Wildman–Crippen LogP) is 3.04. The Kier molecular flexibility index (Phi) is 6.45. The molecule has 15 heavy (non-hydrogen) atoms. The number of hydrogen-bond acceptors (Lipinski definition) is 3. The standard InChI is InChI=1S/C8H8O2.C3H7NS/c1-6-3-2-4-7(5-6)8(9)10;1-3(4)5-2/h2-5H,1H3,(H,9,10);4H,1-2H3. The summed E-state index contributed by atoms with van der Waals surface area (Å²) in [7, 11) is 0. The number of nitrogens with one attached hydrogen (secondary N) is 1. The summed E-state index contributed by atoms with van der Waals surface area (Å²) in [5.74, 6) is -0.872. The predicted molar refractivity (Wildman–Crippen MR) is 65.1 cm³/mol. The summed E-state index contributed by atoms with van der Waals surface area (Å²) in [5, 5.41) is 15.9. The lowest BCUT2D eigenvalue weighted by Crippen LogP contribution is -1.95. The van der Waals surface area contributed by atoms with Crippen molar-refractivity contribution in [2.45, 2.75) is 13.8 Å². The molecule has 0 spiro atoms.